The van der Waals surface area contributed by atoms with Crippen LogP contribution in [-0.4, -0.2) is 117 Å². The first kappa shape index (κ1) is 75.4. The van der Waals surface area contributed by atoms with Crippen LogP contribution in [0.15, 0.2) is 72.9 Å². The zero-order chi connectivity index (χ0) is 69.9. The second-order valence-corrected chi connectivity index (χ2v) is 32.7. The van der Waals surface area contributed by atoms with Gasteiger partial charge < -0.3 is 48.1 Å². The van der Waals surface area contributed by atoms with Gasteiger partial charge in [-0.15, -0.1) is 0 Å². The Kier molecular flexibility index (Phi) is 24.1. The summed E-state index contributed by atoms with van der Waals surface area (Å²) in [7, 11) is 0. The molecule has 1 heterocycles. The van der Waals surface area contributed by atoms with Gasteiger partial charge in [-0.1, -0.05) is 46.4 Å². The molecule has 0 aromatic carbocycles. The predicted octanol–water partition coefficient (Wildman–Crippen LogP) is 14.1. The standard InChI is InChI=1S/C16H24O4.C15H22O2.C14H22O3.C12H14O4.C11H18O2.C10H16O2/c1-11(2)14(18)20-16-8-12-5-13(9-16)7-15(6-12,10-16)19-4-3-17;1-9(2)14(16)17-15(3)12-5-10-4-11(7-12)8-13(15)6-10;1-8(2)13(15)17-12-7-9-5-10(12)6-11(9)14(3,4)16;1-5(2)11(13)15-9-6-3-7-8(4-6)12(14)16-10(7)9;1-4-11(7-5-6-8-11)13-10(12)9(2)3;1-8(2)9(11)12-10(3)6-4-5-7-10/h12-13,17H,1,3-10H2,2H3;10-13H,1,4-8H2,2-3H3;9-12,16H,1,5-7H2,2-4H3;6-10H,1,3-4H2,2H3;2,4-8H2,1,3H3;1,4-7H2,2-3H3. The summed E-state index contributed by atoms with van der Waals surface area (Å²) in [6, 6.07) is 0. The number of carbonyl (C=O) groups is 7. The summed E-state index contributed by atoms with van der Waals surface area (Å²) < 4.78 is 44.6. The minimum atomic E-state index is -0.608. The first-order valence-corrected chi connectivity index (χ1v) is 35.9. The van der Waals surface area contributed by atoms with E-state index in [0.29, 0.717) is 87.4 Å². The number of aliphatic hydroxyl groups excluding tert-OH is 1. The van der Waals surface area contributed by atoms with E-state index < -0.39 is 5.60 Å². The summed E-state index contributed by atoms with van der Waals surface area (Å²) in [5, 5.41) is 19.1. The molecule has 0 spiro atoms. The molecule has 11 atom stereocenters. The van der Waals surface area contributed by atoms with E-state index in [1.54, 1.807) is 41.5 Å². The highest BCUT2D eigenvalue weighted by molar-refractivity contribution is 5.89. The zero-order valence-electron chi connectivity index (χ0n) is 59.5. The average Bonchev–Trinajstić information content (AvgIpc) is 1.02. The van der Waals surface area contributed by atoms with Crippen LogP contribution in [0.4, 0.5) is 0 Å². The van der Waals surface area contributed by atoms with Crippen LogP contribution in [0.25, 0.3) is 0 Å². The van der Waals surface area contributed by atoms with Crippen LogP contribution in [0.1, 0.15) is 237 Å². The molecule has 17 nitrogen and oxygen atoms in total. The van der Waals surface area contributed by atoms with Crippen LogP contribution in [0.3, 0.4) is 0 Å². The number of esters is 7. The Morgan fingerprint density at radius 3 is 1.49 bits per heavy atom. The Labute approximate surface area is 566 Å². The van der Waals surface area contributed by atoms with Gasteiger partial charge in [0.15, 0.2) is 0 Å². The Balaban J connectivity index is 0.000000147. The maximum Gasteiger partial charge on any atom is 0.333 e. The number of hydrogen-bond acceptors (Lipinski definition) is 17. The molecule has 1 saturated heterocycles. The maximum absolute atomic E-state index is 11.9. The van der Waals surface area contributed by atoms with Gasteiger partial charge in [0.05, 0.1) is 30.3 Å². The van der Waals surface area contributed by atoms with Crippen molar-refractivity contribution in [1.82, 2.24) is 0 Å². The molecule has 17 heteroatoms. The lowest BCUT2D eigenvalue weighted by Crippen LogP contribution is -2.61. The highest BCUT2D eigenvalue weighted by Crippen LogP contribution is 2.62. The molecule has 95 heavy (non-hydrogen) atoms. The molecule has 14 aliphatic carbocycles. The molecular formula is C78H116O17. The molecule has 15 aliphatic rings. The molecule has 530 valence electrons. The molecule has 0 aromatic heterocycles. The quantitative estimate of drug-likeness (QED) is 0.0782. The van der Waals surface area contributed by atoms with Crippen molar-refractivity contribution >= 4 is 41.8 Å². The summed E-state index contributed by atoms with van der Waals surface area (Å²) in [6.07, 6.45) is 26.5. The van der Waals surface area contributed by atoms with Crippen molar-refractivity contribution in [2.45, 2.75) is 289 Å². The number of ether oxygens (including phenoxy) is 8. The fourth-order valence-corrected chi connectivity index (χ4v) is 19.6. The van der Waals surface area contributed by atoms with Crippen LogP contribution in [0, 0.1) is 71.0 Å². The van der Waals surface area contributed by atoms with Crippen molar-refractivity contribution in [1.29, 1.82) is 0 Å². The van der Waals surface area contributed by atoms with E-state index >= 15 is 0 Å². The highest BCUT2D eigenvalue weighted by atomic mass is 16.6. The normalized spacial score (nSPS) is 36.2. The lowest BCUT2D eigenvalue weighted by atomic mass is 9.50. The summed E-state index contributed by atoms with van der Waals surface area (Å²) in [5.41, 5.74) is 1.11. The van der Waals surface area contributed by atoms with E-state index in [-0.39, 0.29) is 107 Å². The molecule has 0 amide bonds. The second kappa shape index (κ2) is 30.4. The smallest absolute Gasteiger partial charge is 0.333 e. The molecule has 15 fully saturated rings. The third-order valence-corrected chi connectivity index (χ3v) is 24.0. The van der Waals surface area contributed by atoms with Crippen molar-refractivity contribution in [3.8, 4) is 0 Å². The van der Waals surface area contributed by atoms with Crippen LogP contribution in [-0.2, 0) is 71.5 Å². The molecule has 11 unspecified atom stereocenters. The van der Waals surface area contributed by atoms with Gasteiger partial charge in [0.1, 0.15) is 40.7 Å². The van der Waals surface area contributed by atoms with Gasteiger partial charge in [0.25, 0.3) is 0 Å². The van der Waals surface area contributed by atoms with Gasteiger partial charge in [-0.05, 0) is 277 Å². The van der Waals surface area contributed by atoms with E-state index in [1.807, 2.05) is 20.8 Å². The Morgan fingerprint density at radius 2 is 1.01 bits per heavy atom. The number of rotatable bonds is 17. The number of hydrogen-bond donors (Lipinski definition) is 2. The molecule has 14 saturated carbocycles. The van der Waals surface area contributed by atoms with Gasteiger partial charge >= 0.3 is 41.8 Å². The minimum absolute atomic E-state index is 0.0443. The van der Waals surface area contributed by atoms with E-state index in [2.05, 4.69) is 53.3 Å². The molecule has 12 bridgehead atoms. The number of carbonyl (C=O) groups excluding carboxylic acids is 7. The van der Waals surface area contributed by atoms with Gasteiger partial charge in [-0.2, -0.15) is 0 Å². The van der Waals surface area contributed by atoms with E-state index in [1.165, 1.54) is 64.2 Å². The fraction of sp³-hybridized carbons (Fsp3) is 0.756. The van der Waals surface area contributed by atoms with Gasteiger partial charge in [-0.3, -0.25) is 4.79 Å². The van der Waals surface area contributed by atoms with Crippen molar-refractivity contribution in [2.75, 3.05) is 13.2 Å². The van der Waals surface area contributed by atoms with Gasteiger partial charge in [-0.25, -0.2) is 28.8 Å². The summed E-state index contributed by atoms with van der Waals surface area (Å²) in [6.45, 7) is 42.2. The van der Waals surface area contributed by atoms with Gasteiger partial charge in [0.2, 0.25) is 0 Å². The molecular weight excluding hydrogens is 1210 g/mol. The van der Waals surface area contributed by atoms with Crippen molar-refractivity contribution in [3.63, 3.8) is 0 Å². The third-order valence-electron chi connectivity index (χ3n) is 24.0. The Bertz CT molecular complexity index is 2890. The van der Waals surface area contributed by atoms with E-state index in [0.717, 1.165) is 108 Å². The minimum Gasteiger partial charge on any atom is -0.459 e. The highest BCUT2D eigenvalue weighted by Gasteiger charge is 2.64. The molecule has 0 radical (unpaired) electrons. The molecule has 1 aliphatic heterocycles. The van der Waals surface area contributed by atoms with Crippen LogP contribution < -0.4 is 0 Å². The third kappa shape index (κ3) is 17.9. The molecule has 0 aromatic rings. The Morgan fingerprint density at radius 1 is 0.537 bits per heavy atom. The molecule has 2 N–H and O–H groups in total. The average molecular weight is 1330 g/mol. The largest absolute Gasteiger partial charge is 0.459 e. The summed E-state index contributed by atoms with van der Waals surface area (Å²) in [5.74, 6) is 4.42. The maximum atomic E-state index is 11.9. The number of aliphatic hydroxyl groups is 2. The zero-order valence-corrected chi connectivity index (χ0v) is 59.5. The predicted molar refractivity (Wildman–Crippen MR) is 360 cm³/mol. The summed E-state index contributed by atoms with van der Waals surface area (Å²) >= 11 is 0. The van der Waals surface area contributed by atoms with Crippen molar-refractivity contribution < 1.29 is 81.7 Å². The second-order valence-electron chi connectivity index (χ2n) is 32.7. The lowest BCUT2D eigenvalue weighted by Gasteiger charge is -2.60. The first-order valence-electron chi connectivity index (χ1n) is 35.9. The van der Waals surface area contributed by atoms with E-state index in [9.17, 15) is 38.7 Å². The SMILES string of the molecule is C=C(C)C(=O)OC1(C)C2CC3CC(C2)CC1C3.C=C(C)C(=O)OC1(C)CCCC1.C=C(C)C(=O)OC1(CC)CCCC1.C=C(C)C(=O)OC12CC3CC(CC(OCCO)(C3)C1)C2.C=C(C)C(=O)OC1C2CC3C(=O)OC1C3C2.C=C(C)C(=O)OC1CC2CC1CC2C(C)(C)O. The Hall–Kier alpha value is -5.39. The summed E-state index contributed by atoms with van der Waals surface area (Å²) in [4.78, 5) is 80.7. The fourth-order valence-electron chi connectivity index (χ4n) is 19.6. The van der Waals surface area contributed by atoms with Crippen LogP contribution in [0.5, 0.6) is 0 Å². The van der Waals surface area contributed by atoms with Crippen LogP contribution in [0.2, 0.25) is 0 Å². The van der Waals surface area contributed by atoms with E-state index in [4.69, 9.17) is 43.0 Å². The van der Waals surface area contributed by atoms with Crippen molar-refractivity contribution in [2.24, 2.45) is 71.0 Å². The lowest BCUT2D eigenvalue weighted by molar-refractivity contribution is -0.233. The van der Waals surface area contributed by atoms with Crippen molar-refractivity contribution in [3.05, 3.63) is 72.9 Å². The topological polar surface area (TPSA) is 234 Å². The first-order chi connectivity index (χ1) is 44.4. The van der Waals surface area contributed by atoms with Crippen LogP contribution >= 0.6 is 0 Å². The molecule has 15 rings (SSSR count). The van der Waals surface area contributed by atoms with Gasteiger partial charge in [0, 0.05) is 51.7 Å². The number of fused-ring (bicyclic) bond motifs is 3. The monoisotopic (exact) mass is 1320 g/mol.